The van der Waals surface area contributed by atoms with Gasteiger partial charge in [-0.2, -0.15) is 0 Å². The molecule has 0 radical (unpaired) electrons. The molecule has 1 aromatic rings. The Morgan fingerprint density at radius 2 is 2.00 bits per heavy atom. The van der Waals surface area contributed by atoms with E-state index in [-0.39, 0.29) is 0 Å². The predicted molar refractivity (Wildman–Crippen MR) is 90.6 cm³/mol. The summed E-state index contributed by atoms with van der Waals surface area (Å²) in [4.78, 5) is 0. The van der Waals surface area contributed by atoms with E-state index in [1.807, 2.05) is 6.07 Å². The second-order valence-electron chi connectivity index (χ2n) is 6.43. The van der Waals surface area contributed by atoms with E-state index in [1.165, 1.54) is 31.2 Å². The van der Waals surface area contributed by atoms with Gasteiger partial charge in [-0.3, -0.25) is 0 Å². The summed E-state index contributed by atoms with van der Waals surface area (Å²) in [5, 5.41) is 4.39. The Morgan fingerprint density at radius 1 is 1.24 bits per heavy atom. The van der Waals surface area contributed by atoms with Crippen molar-refractivity contribution in [2.24, 2.45) is 0 Å². The Hall–Kier alpha value is -0.730. The van der Waals surface area contributed by atoms with Crippen LogP contribution in [-0.2, 0) is 0 Å². The van der Waals surface area contributed by atoms with Gasteiger partial charge in [0.25, 0.3) is 0 Å². The Morgan fingerprint density at radius 3 is 2.67 bits per heavy atom. The lowest BCUT2D eigenvalue weighted by Gasteiger charge is -2.14. The summed E-state index contributed by atoms with van der Waals surface area (Å²) in [5.41, 5.74) is 2.30. The molecule has 1 saturated carbocycles. The van der Waals surface area contributed by atoms with Crippen LogP contribution < -0.4 is 10.1 Å². The maximum atomic E-state index is 6.28. The van der Waals surface area contributed by atoms with Gasteiger partial charge in [0, 0.05) is 11.1 Å². The van der Waals surface area contributed by atoms with Gasteiger partial charge in [0.05, 0.1) is 6.61 Å². The largest absolute Gasteiger partial charge is 0.493 e. The van der Waals surface area contributed by atoms with Crippen molar-refractivity contribution in [2.75, 3.05) is 13.2 Å². The van der Waals surface area contributed by atoms with Crippen molar-refractivity contribution in [3.8, 4) is 5.75 Å². The summed E-state index contributed by atoms with van der Waals surface area (Å²) in [6.45, 7) is 8.33. The van der Waals surface area contributed by atoms with Crippen molar-refractivity contribution >= 4 is 11.6 Å². The van der Waals surface area contributed by atoms with Crippen molar-refractivity contribution in [3.05, 3.63) is 28.3 Å². The van der Waals surface area contributed by atoms with Crippen LogP contribution in [-0.4, -0.2) is 19.2 Å². The Bertz CT molecular complexity index is 455. The van der Waals surface area contributed by atoms with Gasteiger partial charge in [0.15, 0.2) is 0 Å². The van der Waals surface area contributed by atoms with Gasteiger partial charge in [-0.15, -0.1) is 0 Å². The first-order valence-electron chi connectivity index (χ1n) is 8.24. The highest BCUT2D eigenvalue weighted by molar-refractivity contribution is 6.31. The molecular weight excluding hydrogens is 282 g/mol. The normalized spacial score (nSPS) is 14.7. The fraction of sp³-hybridized carbons (Fsp3) is 0.667. The van der Waals surface area contributed by atoms with E-state index >= 15 is 0 Å². The maximum Gasteiger partial charge on any atom is 0.122 e. The van der Waals surface area contributed by atoms with Crippen LogP contribution in [0, 0.1) is 6.92 Å². The quantitative estimate of drug-likeness (QED) is 0.643. The molecule has 0 bridgehead atoms. The number of nitrogens with one attached hydrogen (secondary N) is 1. The molecule has 1 aliphatic rings. The van der Waals surface area contributed by atoms with Crippen molar-refractivity contribution in [2.45, 2.75) is 64.8 Å². The van der Waals surface area contributed by atoms with E-state index in [0.29, 0.717) is 5.92 Å². The fourth-order valence-corrected chi connectivity index (χ4v) is 2.88. The maximum absolute atomic E-state index is 6.28. The number of aryl methyl sites for hydroxylation is 1. The first-order chi connectivity index (χ1) is 10.1. The summed E-state index contributed by atoms with van der Waals surface area (Å²) in [5.74, 6) is 1.41. The number of hydrogen-bond donors (Lipinski definition) is 1. The lowest BCUT2D eigenvalue weighted by molar-refractivity contribution is 0.302. The summed E-state index contributed by atoms with van der Waals surface area (Å²) >= 11 is 6.28. The van der Waals surface area contributed by atoms with Gasteiger partial charge in [-0.05, 0) is 74.8 Å². The lowest BCUT2D eigenvalue weighted by Crippen LogP contribution is -2.17. The minimum absolute atomic E-state index is 0.425. The van der Waals surface area contributed by atoms with Crippen LogP contribution in [0.1, 0.15) is 63.0 Å². The molecule has 1 aromatic carbocycles. The van der Waals surface area contributed by atoms with E-state index in [9.17, 15) is 0 Å². The van der Waals surface area contributed by atoms with Gasteiger partial charge < -0.3 is 10.1 Å². The molecule has 0 saturated heterocycles. The highest BCUT2D eigenvalue weighted by Crippen LogP contribution is 2.31. The zero-order chi connectivity index (χ0) is 15.2. The molecule has 2 rings (SSSR count). The minimum atomic E-state index is 0.425. The molecule has 0 aromatic heterocycles. The average molecular weight is 310 g/mol. The molecular formula is C18H28ClNO. The van der Waals surface area contributed by atoms with Gasteiger partial charge >= 0.3 is 0 Å². The fourth-order valence-electron chi connectivity index (χ4n) is 2.45. The molecule has 2 nitrogen and oxygen atoms in total. The Kier molecular flexibility index (Phi) is 6.38. The monoisotopic (exact) mass is 309 g/mol. The van der Waals surface area contributed by atoms with E-state index in [2.05, 4.69) is 32.2 Å². The number of halogens is 1. The number of ether oxygens (including phenoxy) is 1. The molecule has 1 aliphatic carbocycles. The second-order valence-corrected chi connectivity index (χ2v) is 6.84. The zero-order valence-corrected chi connectivity index (χ0v) is 14.3. The predicted octanol–water partition coefficient (Wildman–Crippen LogP) is 5.07. The van der Waals surface area contributed by atoms with Crippen LogP contribution in [0.25, 0.3) is 0 Å². The molecule has 0 spiro atoms. The van der Waals surface area contributed by atoms with Gasteiger partial charge in [0.2, 0.25) is 0 Å². The van der Waals surface area contributed by atoms with Crippen LogP contribution in [0.15, 0.2) is 12.1 Å². The average Bonchev–Trinajstić information content (AvgIpc) is 3.23. The van der Waals surface area contributed by atoms with Gasteiger partial charge in [-0.1, -0.05) is 25.4 Å². The Labute approximate surface area is 134 Å². The lowest BCUT2D eigenvalue weighted by atomic mass is 10.0. The summed E-state index contributed by atoms with van der Waals surface area (Å²) in [7, 11) is 0. The van der Waals surface area contributed by atoms with Crippen LogP contribution in [0.2, 0.25) is 5.02 Å². The molecule has 0 heterocycles. The number of unbranched alkanes of at least 4 members (excludes halogenated alkanes) is 2. The molecule has 1 N–H and O–H groups in total. The number of rotatable bonds is 9. The molecule has 0 atom stereocenters. The highest BCUT2D eigenvalue weighted by atomic mass is 35.5. The van der Waals surface area contributed by atoms with Crippen molar-refractivity contribution < 1.29 is 4.74 Å². The molecule has 118 valence electrons. The Balaban J connectivity index is 1.70. The second kappa shape index (κ2) is 8.05. The smallest absolute Gasteiger partial charge is 0.122 e. The zero-order valence-electron chi connectivity index (χ0n) is 13.5. The first-order valence-corrected chi connectivity index (χ1v) is 8.62. The molecule has 21 heavy (non-hydrogen) atoms. The van der Waals surface area contributed by atoms with Gasteiger partial charge in [0.1, 0.15) is 5.75 Å². The SMILES string of the molecule is Cc1cc(Cl)c(C(C)C)cc1OCCCCCNC1CC1. The van der Waals surface area contributed by atoms with Crippen LogP contribution in [0.3, 0.4) is 0 Å². The first kappa shape index (κ1) is 16.6. The van der Waals surface area contributed by atoms with E-state index in [4.69, 9.17) is 16.3 Å². The summed E-state index contributed by atoms with van der Waals surface area (Å²) in [6.07, 6.45) is 6.33. The molecule has 1 fully saturated rings. The molecule has 3 heteroatoms. The molecule has 0 aliphatic heterocycles. The van der Waals surface area contributed by atoms with E-state index < -0.39 is 0 Å². The molecule has 0 amide bonds. The third-order valence-corrected chi connectivity index (χ3v) is 4.33. The summed E-state index contributed by atoms with van der Waals surface area (Å²) in [6, 6.07) is 4.95. The number of benzene rings is 1. The van der Waals surface area contributed by atoms with E-state index in [1.54, 1.807) is 0 Å². The van der Waals surface area contributed by atoms with Crippen molar-refractivity contribution in [1.82, 2.24) is 5.32 Å². The minimum Gasteiger partial charge on any atom is -0.493 e. The topological polar surface area (TPSA) is 21.3 Å². The number of hydrogen-bond acceptors (Lipinski definition) is 2. The standard InChI is InChI=1S/C18H28ClNO/c1-13(2)16-12-18(14(3)11-17(16)19)21-10-6-4-5-9-20-15-7-8-15/h11-13,15,20H,4-10H2,1-3H3. The van der Waals surface area contributed by atoms with Crippen LogP contribution in [0.5, 0.6) is 5.75 Å². The van der Waals surface area contributed by atoms with E-state index in [0.717, 1.165) is 41.9 Å². The third kappa shape index (κ3) is 5.52. The van der Waals surface area contributed by atoms with Crippen LogP contribution in [0.4, 0.5) is 0 Å². The van der Waals surface area contributed by atoms with Crippen molar-refractivity contribution in [1.29, 1.82) is 0 Å². The highest BCUT2D eigenvalue weighted by Gasteiger charge is 2.19. The van der Waals surface area contributed by atoms with Gasteiger partial charge in [-0.25, -0.2) is 0 Å². The van der Waals surface area contributed by atoms with Crippen molar-refractivity contribution in [3.63, 3.8) is 0 Å². The summed E-state index contributed by atoms with van der Waals surface area (Å²) < 4.78 is 5.94. The van der Waals surface area contributed by atoms with Crippen LogP contribution >= 0.6 is 11.6 Å². The third-order valence-electron chi connectivity index (χ3n) is 4.01. The molecule has 0 unspecified atom stereocenters.